The first-order valence-electron chi connectivity index (χ1n) is 7.37. The molecule has 19 heavy (non-hydrogen) atoms. The normalized spacial score (nSPS) is 24.2. The maximum Gasteiger partial charge on any atom is 0.261 e. The van der Waals surface area contributed by atoms with Crippen LogP contribution in [0.15, 0.2) is 17.5 Å². The Morgan fingerprint density at radius 2 is 2.05 bits per heavy atom. The Kier molecular flexibility index (Phi) is 4.67. The maximum atomic E-state index is 12.0. The highest BCUT2D eigenvalue weighted by molar-refractivity contribution is 7.12. The van der Waals surface area contributed by atoms with Crippen molar-refractivity contribution in [3.63, 3.8) is 0 Å². The largest absolute Gasteiger partial charge is 0.349 e. The van der Waals surface area contributed by atoms with E-state index in [4.69, 9.17) is 0 Å². The minimum absolute atomic E-state index is 0.105. The minimum atomic E-state index is 0.105. The third kappa shape index (κ3) is 3.59. The monoisotopic (exact) mass is 279 g/mol. The number of thiophene rings is 1. The van der Waals surface area contributed by atoms with Crippen LogP contribution in [0, 0.1) is 11.3 Å². The molecule has 1 fully saturated rings. The molecule has 0 radical (unpaired) electrons. The van der Waals surface area contributed by atoms with E-state index in [1.165, 1.54) is 30.6 Å². The number of rotatable bonds is 4. The van der Waals surface area contributed by atoms with E-state index in [2.05, 4.69) is 26.1 Å². The molecule has 1 heterocycles. The predicted octanol–water partition coefficient (Wildman–Crippen LogP) is 4.47. The van der Waals surface area contributed by atoms with Gasteiger partial charge in [-0.1, -0.05) is 33.3 Å². The average molecular weight is 279 g/mol. The van der Waals surface area contributed by atoms with Gasteiger partial charge in [-0.05, 0) is 48.5 Å². The van der Waals surface area contributed by atoms with Crippen molar-refractivity contribution in [3.8, 4) is 0 Å². The number of carbonyl (C=O) groups excluding carboxylic acids is 1. The topological polar surface area (TPSA) is 29.1 Å². The minimum Gasteiger partial charge on any atom is -0.349 e. The molecule has 1 aromatic rings. The van der Waals surface area contributed by atoms with Gasteiger partial charge < -0.3 is 5.32 Å². The number of hydrogen-bond donors (Lipinski definition) is 1. The quantitative estimate of drug-likeness (QED) is 0.865. The molecule has 2 nitrogen and oxygen atoms in total. The van der Waals surface area contributed by atoms with Crippen LogP contribution in [-0.4, -0.2) is 11.9 Å². The second-order valence-corrected chi connectivity index (χ2v) is 7.29. The third-order valence-corrected chi connectivity index (χ3v) is 5.69. The fourth-order valence-corrected chi connectivity index (χ4v) is 3.60. The highest BCUT2D eigenvalue weighted by Crippen LogP contribution is 2.40. The van der Waals surface area contributed by atoms with E-state index in [9.17, 15) is 4.79 Å². The molecule has 0 saturated heterocycles. The molecular formula is C16H25NOS. The van der Waals surface area contributed by atoms with Crippen LogP contribution in [0.5, 0.6) is 0 Å². The molecule has 2 rings (SSSR count). The lowest BCUT2D eigenvalue weighted by Gasteiger charge is -2.39. The predicted molar refractivity (Wildman–Crippen MR) is 81.6 cm³/mol. The summed E-state index contributed by atoms with van der Waals surface area (Å²) in [4.78, 5) is 12.8. The van der Waals surface area contributed by atoms with Crippen molar-refractivity contribution in [3.05, 3.63) is 22.4 Å². The van der Waals surface area contributed by atoms with Gasteiger partial charge in [0.2, 0.25) is 0 Å². The SMILES string of the molecule is CCC(C)(C)C1CCC(NC(=O)c2cccs2)CC1. The van der Waals surface area contributed by atoms with Crippen LogP contribution in [0.4, 0.5) is 0 Å². The van der Waals surface area contributed by atoms with Crippen molar-refractivity contribution in [1.29, 1.82) is 0 Å². The van der Waals surface area contributed by atoms with Gasteiger partial charge in [-0.2, -0.15) is 0 Å². The zero-order valence-electron chi connectivity index (χ0n) is 12.2. The van der Waals surface area contributed by atoms with Gasteiger partial charge in [-0.25, -0.2) is 0 Å². The molecular weight excluding hydrogens is 254 g/mol. The van der Waals surface area contributed by atoms with Crippen LogP contribution in [-0.2, 0) is 0 Å². The van der Waals surface area contributed by atoms with Crippen molar-refractivity contribution >= 4 is 17.2 Å². The lowest BCUT2D eigenvalue weighted by Crippen LogP contribution is -2.39. The Balaban J connectivity index is 1.82. The van der Waals surface area contributed by atoms with Gasteiger partial charge in [0.05, 0.1) is 4.88 Å². The summed E-state index contributed by atoms with van der Waals surface area (Å²) in [6, 6.07) is 4.20. The van der Waals surface area contributed by atoms with Gasteiger partial charge in [0.1, 0.15) is 0 Å². The van der Waals surface area contributed by atoms with E-state index in [0.29, 0.717) is 11.5 Å². The van der Waals surface area contributed by atoms with Crippen LogP contribution in [0.3, 0.4) is 0 Å². The Bertz CT molecular complexity index is 402. The maximum absolute atomic E-state index is 12.0. The Morgan fingerprint density at radius 1 is 1.37 bits per heavy atom. The van der Waals surface area contributed by atoms with Crippen molar-refractivity contribution < 1.29 is 4.79 Å². The summed E-state index contributed by atoms with van der Waals surface area (Å²) in [5.41, 5.74) is 0.447. The average Bonchev–Trinajstić information content (AvgIpc) is 2.93. The summed E-state index contributed by atoms with van der Waals surface area (Å²) in [6.07, 6.45) is 5.99. The molecule has 1 aromatic heterocycles. The second kappa shape index (κ2) is 6.08. The van der Waals surface area contributed by atoms with Crippen LogP contribution in [0.2, 0.25) is 0 Å². The summed E-state index contributed by atoms with van der Waals surface area (Å²) in [5, 5.41) is 5.14. The van der Waals surface area contributed by atoms with E-state index in [-0.39, 0.29) is 5.91 Å². The highest BCUT2D eigenvalue weighted by Gasteiger charge is 2.32. The van der Waals surface area contributed by atoms with Gasteiger partial charge in [0.25, 0.3) is 5.91 Å². The Labute approximate surface area is 120 Å². The van der Waals surface area contributed by atoms with Crippen LogP contribution in [0.25, 0.3) is 0 Å². The van der Waals surface area contributed by atoms with Crippen molar-refractivity contribution in [2.75, 3.05) is 0 Å². The lowest BCUT2D eigenvalue weighted by atomic mass is 9.69. The molecule has 1 amide bonds. The molecule has 0 spiro atoms. The van der Waals surface area contributed by atoms with Crippen LogP contribution in [0.1, 0.15) is 62.5 Å². The number of amides is 1. The van der Waals surface area contributed by atoms with Crippen LogP contribution >= 0.6 is 11.3 Å². The fourth-order valence-electron chi connectivity index (χ4n) is 2.97. The number of nitrogens with one attached hydrogen (secondary N) is 1. The van der Waals surface area contributed by atoms with Gasteiger partial charge in [0.15, 0.2) is 0 Å². The lowest BCUT2D eigenvalue weighted by molar-refractivity contribution is 0.0897. The zero-order valence-corrected chi connectivity index (χ0v) is 13.1. The molecule has 0 aromatic carbocycles. The number of carbonyl (C=O) groups is 1. The molecule has 1 N–H and O–H groups in total. The molecule has 3 heteroatoms. The first kappa shape index (κ1) is 14.6. The Morgan fingerprint density at radius 3 is 2.58 bits per heavy atom. The molecule has 1 aliphatic rings. The molecule has 1 aliphatic carbocycles. The van der Waals surface area contributed by atoms with Crippen LogP contribution < -0.4 is 5.32 Å². The number of hydrogen-bond acceptors (Lipinski definition) is 2. The van der Waals surface area contributed by atoms with Crippen molar-refractivity contribution in [2.24, 2.45) is 11.3 Å². The fraction of sp³-hybridized carbons (Fsp3) is 0.688. The van der Waals surface area contributed by atoms with E-state index >= 15 is 0 Å². The van der Waals surface area contributed by atoms with Crippen molar-refractivity contribution in [1.82, 2.24) is 5.32 Å². The summed E-state index contributed by atoms with van der Waals surface area (Å²) in [5.74, 6) is 0.917. The highest BCUT2D eigenvalue weighted by atomic mass is 32.1. The Hall–Kier alpha value is -0.830. The third-order valence-electron chi connectivity index (χ3n) is 4.82. The molecule has 1 saturated carbocycles. The second-order valence-electron chi connectivity index (χ2n) is 6.34. The molecule has 0 aliphatic heterocycles. The van der Waals surface area contributed by atoms with Gasteiger partial charge in [-0.15, -0.1) is 11.3 Å². The summed E-state index contributed by atoms with van der Waals surface area (Å²) in [6.45, 7) is 7.04. The molecule has 106 valence electrons. The molecule has 0 bridgehead atoms. The van der Waals surface area contributed by atoms with Gasteiger partial charge >= 0.3 is 0 Å². The smallest absolute Gasteiger partial charge is 0.261 e. The zero-order chi connectivity index (χ0) is 13.9. The van der Waals surface area contributed by atoms with Gasteiger partial charge in [0, 0.05) is 6.04 Å². The van der Waals surface area contributed by atoms with E-state index < -0.39 is 0 Å². The van der Waals surface area contributed by atoms with E-state index in [1.807, 2.05) is 17.5 Å². The first-order valence-corrected chi connectivity index (χ1v) is 8.25. The van der Waals surface area contributed by atoms with Gasteiger partial charge in [-0.3, -0.25) is 4.79 Å². The summed E-state index contributed by atoms with van der Waals surface area (Å²) < 4.78 is 0. The van der Waals surface area contributed by atoms with Crippen molar-refractivity contribution in [2.45, 2.75) is 58.9 Å². The van der Waals surface area contributed by atoms with E-state index in [1.54, 1.807) is 0 Å². The molecule has 0 unspecified atom stereocenters. The standard InChI is InChI=1S/C16H25NOS/c1-4-16(2,3)12-7-9-13(10-8-12)17-15(18)14-6-5-11-19-14/h5-6,11-13H,4,7-10H2,1-3H3,(H,17,18). The molecule has 0 atom stereocenters. The summed E-state index contributed by atoms with van der Waals surface area (Å²) in [7, 11) is 0. The van der Waals surface area contributed by atoms with E-state index in [0.717, 1.165) is 23.6 Å². The summed E-state index contributed by atoms with van der Waals surface area (Å²) >= 11 is 1.52. The first-order chi connectivity index (χ1) is 9.03.